The fourth-order valence-electron chi connectivity index (χ4n) is 7.70. The Hall–Kier alpha value is -6.62. The Morgan fingerprint density at radius 1 is 0.346 bits per heavy atom. The average molecular weight is 684 g/mol. The smallest absolute Gasteiger partial charge is 0.0634 e. The predicted octanol–water partition coefficient (Wildman–Crippen LogP) is 14.1. The summed E-state index contributed by atoms with van der Waals surface area (Å²) in [5.41, 5.74) is 10.0. The second-order valence-corrected chi connectivity index (χ2v) is 14.1. The quantitative estimate of drug-likeness (QED) is 0.166. The maximum absolute atomic E-state index is 2.50. The second-order valence-electron chi connectivity index (χ2n) is 13.0. The van der Waals surface area contributed by atoms with Gasteiger partial charge in [0.2, 0.25) is 0 Å². The Morgan fingerprint density at radius 3 is 1.35 bits per heavy atom. The number of anilines is 6. The molecular formula is C48H33N3S. The standard InChI is InChI=1S/C48H33N3S/c1-5-17-34(18-6-1)49(35-19-7-2-8-20-35)38-31-39(50(36-21-9-3-10-22-36)37-23-11-4-12-24-37)33-40(32-38)51-44-27-15-13-25-41(44)42-29-30-46-47(48(42)51)43-26-14-16-28-45(43)52-46/h1-33H. The molecule has 4 heteroatoms. The highest BCUT2D eigenvalue weighted by atomic mass is 32.1. The van der Waals surface area contributed by atoms with Gasteiger partial charge in [0.05, 0.1) is 28.1 Å². The molecule has 3 nitrogen and oxygen atoms in total. The molecule has 0 aliphatic carbocycles. The molecule has 0 unspecified atom stereocenters. The Labute approximate surface area is 306 Å². The molecule has 10 aromatic rings. The zero-order valence-corrected chi connectivity index (χ0v) is 29.1. The van der Waals surface area contributed by atoms with E-state index >= 15 is 0 Å². The van der Waals surface area contributed by atoms with Gasteiger partial charge >= 0.3 is 0 Å². The van der Waals surface area contributed by atoms with E-state index in [1.54, 1.807) is 0 Å². The SMILES string of the molecule is c1ccc(N(c2ccccc2)c2cc(N(c3ccccc3)c3ccccc3)cc(-n3c4ccccc4c4ccc5sc6ccccc6c5c43)c2)cc1. The van der Waals surface area contributed by atoms with Crippen molar-refractivity contribution in [1.82, 2.24) is 4.57 Å². The maximum atomic E-state index is 2.50. The molecule has 0 aliphatic heterocycles. The first-order valence-electron chi connectivity index (χ1n) is 17.6. The van der Waals surface area contributed by atoms with Gasteiger partial charge < -0.3 is 14.4 Å². The fourth-order valence-corrected chi connectivity index (χ4v) is 8.81. The Balaban J connectivity index is 1.35. The average Bonchev–Trinajstić information content (AvgIpc) is 3.76. The number of hydrogen-bond donors (Lipinski definition) is 0. The summed E-state index contributed by atoms with van der Waals surface area (Å²) in [7, 11) is 0. The van der Waals surface area contributed by atoms with Crippen molar-refractivity contribution in [3.05, 3.63) is 200 Å². The molecule has 0 bridgehead atoms. The van der Waals surface area contributed by atoms with Gasteiger partial charge in [0.1, 0.15) is 0 Å². The van der Waals surface area contributed by atoms with Crippen LogP contribution in [0.15, 0.2) is 200 Å². The molecule has 0 spiro atoms. The van der Waals surface area contributed by atoms with Crippen molar-refractivity contribution in [2.75, 3.05) is 9.80 Å². The van der Waals surface area contributed by atoms with E-state index in [4.69, 9.17) is 0 Å². The molecule has 0 saturated carbocycles. The van der Waals surface area contributed by atoms with Crippen LogP contribution in [-0.2, 0) is 0 Å². The van der Waals surface area contributed by atoms with Crippen LogP contribution in [0.2, 0.25) is 0 Å². The molecule has 0 atom stereocenters. The highest BCUT2D eigenvalue weighted by Gasteiger charge is 2.22. The summed E-state index contributed by atoms with van der Waals surface area (Å²) < 4.78 is 5.09. The van der Waals surface area contributed by atoms with Crippen LogP contribution in [0.3, 0.4) is 0 Å². The monoisotopic (exact) mass is 683 g/mol. The molecule has 8 aromatic carbocycles. The summed E-state index contributed by atoms with van der Waals surface area (Å²) >= 11 is 1.87. The van der Waals surface area contributed by atoms with Gasteiger partial charge in [0.25, 0.3) is 0 Å². The van der Waals surface area contributed by atoms with E-state index in [9.17, 15) is 0 Å². The van der Waals surface area contributed by atoms with Gasteiger partial charge in [-0.15, -0.1) is 11.3 Å². The molecule has 52 heavy (non-hydrogen) atoms. The minimum Gasteiger partial charge on any atom is -0.310 e. The van der Waals surface area contributed by atoms with Gasteiger partial charge in [0.15, 0.2) is 0 Å². The van der Waals surface area contributed by atoms with Crippen LogP contribution in [-0.4, -0.2) is 4.57 Å². The zero-order chi connectivity index (χ0) is 34.4. The first kappa shape index (κ1) is 30.2. The number of aromatic nitrogens is 1. The van der Waals surface area contributed by atoms with Crippen molar-refractivity contribution in [2.24, 2.45) is 0 Å². The Morgan fingerprint density at radius 2 is 0.808 bits per heavy atom. The predicted molar refractivity (Wildman–Crippen MR) is 223 cm³/mol. The molecule has 0 amide bonds. The molecule has 0 saturated heterocycles. The molecule has 2 heterocycles. The lowest BCUT2D eigenvalue weighted by Gasteiger charge is -2.30. The van der Waals surface area contributed by atoms with Crippen LogP contribution in [0, 0.1) is 0 Å². The Kier molecular flexibility index (Phi) is 7.33. The third-order valence-corrected chi connectivity index (χ3v) is 11.0. The molecule has 0 aliphatic rings. The van der Waals surface area contributed by atoms with Gasteiger partial charge in [-0.05, 0) is 84.9 Å². The molecule has 10 rings (SSSR count). The van der Waals surface area contributed by atoms with E-state index in [1.807, 2.05) is 11.3 Å². The first-order chi connectivity index (χ1) is 25.8. The molecule has 0 N–H and O–H groups in total. The highest BCUT2D eigenvalue weighted by molar-refractivity contribution is 7.26. The van der Waals surface area contributed by atoms with E-state index in [0.717, 1.165) is 39.8 Å². The van der Waals surface area contributed by atoms with Gasteiger partial charge in [-0.1, -0.05) is 115 Å². The molecule has 2 aromatic heterocycles. The number of benzene rings is 8. The summed E-state index contributed by atoms with van der Waals surface area (Å²) in [5.74, 6) is 0. The number of nitrogens with zero attached hydrogens (tertiary/aromatic N) is 3. The van der Waals surface area contributed by atoms with Crippen molar-refractivity contribution < 1.29 is 0 Å². The lowest BCUT2D eigenvalue weighted by atomic mass is 10.1. The number of fused-ring (bicyclic) bond motifs is 7. The van der Waals surface area contributed by atoms with Crippen LogP contribution >= 0.6 is 11.3 Å². The number of hydrogen-bond acceptors (Lipinski definition) is 3. The topological polar surface area (TPSA) is 11.4 Å². The fraction of sp³-hybridized carbons (Fsp3) is 0. The van der Waals surface area contributed by atoms with Gasteiger partial charge in [-0.3, -0.25) is 0 Å². The number of para-hydroxylation sites is 5. The highest BCUT2D eigenvalue weighted by Crippen LogP contribution is 2.46. The summed E-state index contributed by atoms with van der Waals surface area (Å²) in [5, 5.41) is 5.09. The van der Waals surface area contributed by atoms with E-state index in [-0.39, 0.29) is 0 Å². The van der Waals surface area contributed by atoms with Crippen LogP contribution in [0.25, 0.3) is 47.7 Å². The minimum absolute atomic E-state index is 1.06. The van der Waals surface area contributed by atoms with E-state index in [0.29, 0.717) is 0 Å². The van der Waals surface area contributed by atoms with Gasteiger partial charge in [0, 0.05) is 53.7 Å². The minimum atomic E-state index is 1.06. The largest absolute Gasteiger partial charge is 0.310 e. The maximum Gasteiger partial charge on any atom is 0.0634 e. The van der Waals surface area contributed by atoms with Crippen molar-refractivity contribution in [3.63, 3.8) is 0 Å². The van der Waals surface area contributed by atoms with Gasteiger partial charge in [-0.25, -0.2) is 0 Å². The van der Waals surface area contributed by atoms with Gasteiger partial charge in [-0.2, -0.15) is 0 Å². The molecule has 246 valence electrons. The zero-order valence-electron chi connectivity index (χ0n) is 28.3. The van der Waals surface area contributed by atoms with E-state index < -0.39 is 0 Å². The van der Waals surface area contributed by atoms with Crippen molar-refractivity contribution >= 4 is 87.4 Å². The van der Waals surface area contributed by atoms with Crippen molar-refractivity contribution in [1.29, 1.82) is 0 Å². The van der Waals surface area contributed by atoms with Crippen molar-refractivity contribution in [2.45, 2.75) is 0 Å². The summed E-state index contributed by atoms with van der Waals surface area (Å²) in [6.07, 6.45) is 0. The summed E-state index contributed by atoms with van der Waals surface area (Å²) in [6, 6.07) is 72.0. The van der Waals surface area contributed by atoms with Crippen LogP contribution in [0.4, 0.5) is 34.1 Å². The summed E-state index contributed by atoms with van der Waals surface area (Å²) in [6.45, 7) is 0. The van der Waals surface area contributed by atoms with Crippen LogP contribution in [0.5, 0.6) is 0 Å². The molecular weight excluding hydrogens is 651 g/mol. The second kappa shape index (κ2) is 12.6. The lowest BCUT2D eigenvalue weighted by Crippen LogP contribution is -2.14. The van der Waals surface area contributed by atoms with Crippen molar-refractivity contribution in [3.8, 4) is 5.69 Å². The normalized spacial score (nSPS) is 11.5. The number of thiophene rings is 1. The van der Waals surface area contributed by atoms with E-state index in [2.05, 4.69) is 215 Å². The van der Waals surface area contributed by atoms with Crippen LogP contribution < -0.4 is 9.80 Å². The first-order valence-corrected chi connectivity index (χ1v) is 18.4. The summed E-state index contributed by atoms with van der Waals surface area (Å²) in [4.78, 5) is 4.73. The number of rotatable bonds is 7. The third-order valence-electron chi connectivity index (χ3n) is 9.89. The van der Waals surface area contributed by atoms with Crippen LogP contribution in [0.1, 0.15) is 0 Å². The third kappa shape index (κ3) is 5.04. The lowest BCUT2D eigenvalue weighted by molar-refractivity contribution is 1.16. The Bertz CT molecular complexity index is 2660. The van der Waals surface area contributed by atoms with E-state index in [1.165, 1.54) is 42.0 Å². The molecule has 0 radical (unpaired) electrons. The molecule has 0 fully saturated rings.